The van der Waals surface area contributed by atoms with Crippen LogP contribution in [-0.4, -0.2) is 25.3 Å². The molecule has 2 aromatic heterocycles. The summed E-state index contributed by atoms with van der Waals surface area (Å²) in [6, 6.07) is 11.1. The number of nitrogens with one attached hydrogen (secondary N) is 1. The maximum Gasteiger partial charge on any atom is 0.322 e. The van der Waals surface area contributed by atoms with E-state index in [2.05, 4.69) is 20.2 Å². The van der Waals surface area contributed by atoms with Gasteiger partial charge in [0.1, 0.15) is 29.5 Å². The molecule has 1 unspecified atom stereocenters. The van der Waals surface area contributed by atoms with Crippen LogP contribution in [0.5, 0.6) is 0 Å². The van der Waals surface area contributed by atoms with Crippen LogP contribution in [0.15, 0.2) is 60.9 Å². The number of halogens is 4. The fourth-order valence-electron chi connectivity index (χ4n) is 3.21. The maximum absolute atomic E-state index is 15.7. The van der Waals surface area contributed by atoms with Crippen molar-refractivity contribution in [3.63, 3.8) is 0 Å². The summed E-state index contributed by atoms with van der Waals surface area (Å²) < 4.78 is 59.1. The Balaban J connectivity index is 1.90. The first-order chi connectivity index (χ1) is 13.8. The van der Waals surface area contributed by atoms with E-state index < -0.39 is 40.8 Å². The highest BCUT2D eigenvalue weighted by Crippen LogP contribution is 2.47. The Kier molecular flexibility index (Phi) is 4.54. The number of aliphatic hydroxyl groups is 1. The maximum atomic E-state index is 15.7. The quantitative estimate of drug-likeness (QED) is 0.497. The van der Waals surface area contributed by atoms with E-state index in [0.717, 1.165) is 24.5 Å². The minimum Gasteiger partial charge on any atom is -0.378 e. The molecule has 0 spiro atoms. The molecular formula is C20H14F4N4O. The number of alkyl halides is 2. The van der Waals surface area contributed by atoms with Gasteiger partial charge in [-0.05, 0) is 18.2 Å². The number of H-pyrrole nitrogens is 1. The second-order valence-corrected chi connectivity index (χ2v) is 6.56. The lowest BCUT2D eigenvalue weighted by atomic mass is 9.81. The van der Waals surface area contributed by atoms with Gasteiger partial charge in [0, 0.05) is 23.4 Å². The zero-order valence-electron chi connectivity index (χ0n) is 14.8. The zero-order chi connectivity index (χ0) is 20.6. The van der Waals surface area contributed by atoms with E-state index in [1.807, 2.05) is 0 Å². The second kappa shape index (κ2) is 6.93. The summed E-state index contributed by atoms with van der Waals surface area (Å²) in [4.78, 5) is 7.72. The minimum atomic E-state index is -4.05. The Hall–Kier alpha value is -3.33. The Bertz CT molecular complexity index is 1170. The molecule has 0 aliphatic carbocycles. The number of fused-ring (bicyclic) bond motifs is 1. The summed E-state index contributed by atoms with van der Waals surface area (Å²) in [5.74, 6) is -6.42. The highest BCUT2D eigenvalue weighted by molar-refractivity contribution is 5.78. The lowest BCUT2D eigenvalue weighted by molar-refractivity contribution is -0.199. The van der Waals surface area contributed by atoms with Crippen LogP contribution in [0, 0.1) is 11.6 Å². The third-order valence-corrected chi connectivity index (χ3v) is 4.70. The van der Waals surface area contributed by atoms with E-state index in [9.17, 15) is 13.9 Å². The molecule has 0 aliphatic rings. The van der Waals surface area contributed by atoms with E-state index in [1.54, 1.807) is 24.3 Å². The lowest BCUT2D eigenvalue weighted by Crippen LogP contribution is -2.46. The lowest BCUT2D eigenvalue weighted by Gasteiger charge is -2.35. The molecule has 0 saturated heterocycles. The van der Waals surface area contributed by atoms with Gasteiger partial charge >= 0.3 is 5.92 Å². The first-order valence-electron chi connectivity index (χ1n) is 8.57. The fraction of sp³-hybridized carbons (Fsp3) is 0.150. The SMILES string of the molecule is OC(Cc1ncn[nH]1)(c1ccc(F)cc1F)C(F)(F)c1ccc2ccccc2n1. The molecule has 4 aromatic rings. The third kappa shape index (κ3) is 3.23. The van der Waals surface area contributed by atoms with Gasteiger partial charge in [-0.2, -0.15) is 13.9 Å². The number of pyridine rings is 1. The average molecular weight is 402 g/mol. The minimum absolute atomic E-state index is 0.100. The standard InChI is InChI=1S/C20H14F4N4O/c21-13-6-7-14(15(22)9-13)19(29,10-18-25-11-26-28-18)20(23,24)17-8-5-12-3-1-2-4-16(12)27-17/h1-9,11,29H,10H2,(H,25,26,28). The third-order valence-electron chi connectivity index (χ3n) is 4.70. The largest absolute Gasteiger partial charge is 0.378 e. The van der Waals surface area contributed by atoms with Gasteiger partial charge in [-0.15, -0.1) is 0 Å². The molecule has 2 heterocycles. The highest BCUT2D eigenvalue weighted by Gasteiger charge is 2.57. The van der Waals surface area contributed by atoms with Gasteiger partial charge in [-0.3, -0.25) is 5.10 Å². The number of aromatic nitrogens is 4. The summed E-state index contributed by atoms with van der Waals surface area (Å²) in [5, 5.41) is 17.7. The molecule has 29 heavy (non-hydrogen) atoms. The molecule has 2 aromatic carbocycles. The smallest absolute Gasteiger partial charge is 0.322 e. The summed E-state index contributed by atoms with van der Waals surface area (Å²) >= 11 is 0. The molecule has 0 amide bonds. The van der Waals surface area contributed by atoms with E-state index in [0.29, 0.717) is 11.5 Å². The molecule has 2 N–H and O–H groups in total. The Labute approximate surface area is 162 Å². The Morgan fingerprint density at radius 2 is 1.79 bits per heavy atom. The number of benzene rings is 2. The van der Waals surface area contributed by atoms with Crippen molar-refractivity contribution >= 4 is 10.9 Å². The molecular weight excluding hydrogens is 388 g/mol. The molecule has 148 valence electrons. The predicted octanol–water partition coefficient (Wildman–Crippen LogP) is 3.85. The number of hydrogen-bond donors (Lipinski definition) is 2. The van der Waals surface area contributed by atoms with E-state index in [-0.39, 0.29) is 11.3 Å². The Morgan fingerprint density at radius 1 is 1.00 bits per heavy atom. The fourth-order valence-corrected chi connectivity index (χ4v) is 3.21. The highest BCUT2D eigenvalue weighted by atomic mass is 19.3. The van der Waals surface area contributed by atoms with E-state index in [4.69, 9.17) is 0 Å². The van der Waals surface area contributed by atoms with Gasteiger partial charge in [0.15, 0.2) is 5.60 Å². The Morgan fingerprint density at radius 3 is 2.52 bits per heavy atom. The molecule has 0 aliphatic heterocycles. The molecule has 0 fully saturated rings. The predicted molar refractivity (Wildman–Crippen MR) is 96.0 cm³/mol. The van der Waals surface area contributed by atoms with Gasteiger partial charge in [-0.1, -0.05) is 30.3 Å². The van der Waals surface area contributed by atoms with Crippen molar-refractivity contribution in [3.05, 3.63) is 89.6 Å². The summed E-state index contributed by atoms with van der Waals surface area (Å²) in [7, 11) is 0. The van der Waals surface area contributed by atoms with E-state index >= 15 is 8.78 Å². The van der Waals surface area contributed by atoms with Crippen LogP contribution in [-0.2, 0) is 17.9 Å². The van der Waals surface area contributed by atoms with Crippen molar-refractivity contribution in [2.24, 2.45) is 0 Å². The van der Waals surface area contributed by atoms with Crippen molar-refractivity contribution in [2.45, 2.75) is 17.9 Å². The number of rotatable bonds is 5. The van der Waals surface area contributed by atoms with Gasteiger partial charge in [0.05, 0.1) is 5.52 Å². The molecule has 0 saturated carbocycles. The van der Waals surface area contributed by atoms with Gasteiger partial charge in [0.25, 0.3) is 0 Å². The van der Waals surface area contributed by atoms with Crippen LogP contribution in [0.4, 0.5) is 17.6 Å². The summed E-state index contributed by atoms with van der Waals surface area (Å²) in [5.41, 5.74) is -4.37. The number of hydrogen-bond acceptors (Lipinski definition) is 4. The first-order valence-corrected chi connectivity index (χ1v) is 8.57. The van der Waals surface area contributed by atoms with Crippen LogP contribution in [0.1, 0.15) is 17.1 Å². The average Bonchev–Trinajstić information content (AvgIpc) is 3.20. The van der Waals surface area contributed by atoms with Crippen LogP contribution in [0.25, 0.3) is 10.9 Å². The number of nitrogens with zero attached hydrogens (tertiary/aromatic N) is 3. The zero-order valence-corrected chi connectivity index (χ0v) is 14.8. The van der Waals surface area contributed by atoms with Crippen molar-refractivity contribution in [1.82, 2.24) is 20.2 Å². The summed E-state index contributed by atoms with van der Waals surface area (Å²) in [6.45, 7) is 0. The van der Waals surface area contributed by atoms with Crippen molar-refractivity contribution in [2.75, 3.05) is 0 Å². The van der Waals surface area contributed by atoms with Crippen LogP contribution >= 0.6 is 0 Å². The van der Waals surface area contributed by atoms with Crippen molar-refractivity contribution in [3.8, 4) is 0 Å². The topological polar surface area (TPSA) is 74.7 Å². The van der Waals surface area contributed by atoms with E-state index in [1.165, 1.54) is 6.07 Å². The number of para-hydroxylation sites is 1. The second-order valence-electron chi connectivity index (χ2n) is 6.56. The first kappa shape index (κ1) is 19.0. The van der Waals surface area contributed by atoms with Crippen molar-refractivity contribution < 1.29 is 22.7 Å². The molecule has 0 bridgehead atoms. The molecule has 5 nitrogen and oxygen atoms in total. The molecule has 4 rings (SSSR count). The van der Waals surface area contributed by atoms with Crippen LogP contribution in [0.2, 0.25) is 0 Å². The molecule has 0 radical (unpaired) electrons. The normalized spacial score (nSPS) is 14.1. The molecule has 1 atom stereocenters. The van der Waals surface area contributed by atoms with Crippen LogP contribution < -0.4 is 0 Å². The van der Waals surface area contributed by atoms with Crippen LogP contribution in [0.3, 0.4) is 0 Å². The molecule has 9 heteroatoms. The van der Waals surface area contributed by atoms with Crippen molar-refractivity contribution in [1.29, 1.82) is 0 Å². The van der Waals surface area contributed by atoms with Gasteiger partial charge in [0.2, 0.25) is 0 Å². The summed E-state index contributed by atoms with van der Waals surface area (Å²) in [6.07, 6.45) is 0.264. The van der Waals surface area contributed by atoms with Gasteiger partial charge in [-0.25, -0.2) is 18.7 Å². The monoisotopic (exact) mass is 402 g/mol. The number of aromatic amines is 1. The van der Waals surface area contributed by atoms with Gasteiger partial charge < -0.3 is 5.11 Å².